The molecule has 0 saturated carbocycles. The van der Waals surface area contributed by atoms with Crippen LogP contribution < -0.4 is 0 Å². The van der Waals surface area contributed by atoms with Crippen molar-refractivity contribution in [2.45, 2.75) is 32.4 Å². The third-order valence-corrected chi connectivity index (χ3v) is 4.21. The van der Waals surface area contributed by atoms with Gasteiger partial charge in [-0.3, -0.25) is 0 Å². The zero-order valence-corrected chi connectivity index (χ0v) is 12.7. The van der Waals surface area contributed by atoms with Crippen molar-refractivity contribution in [1.29, 1.82) is 0 Å². The molecule has 0 bridgehead atoms. The van der Waals surface area contributed by atoms with Gasteiger partial charge in [0.2, 0.25) is 0 Å². The first-order chi connectivity index (χ1) is 7.71. The molecule has 17 heavy (non-hydrogen) atoms. The lowest BCUT2D eigenvalue weighted by Crippen LogP contribution is -2.26. The summed E-state index contributed by atoms with van der Waals surface area (Å²) in [4.78, 5) is 0. The van der Waals surface area contributed by atoms with Gasteiger partial charge in [-0.25, -0.2) is 4.39 Å². The minimum atomic E-state index is -1.31. The average molecular weight is 320 g/mol. The predicted octanol–water partition coefficient (Wildman–Crippen LogP) is 3.86. The fraction of sp³-hybridized carbons (Fsp3) is 0.417. The van der Waals surface area contributed by atoms with Gasteiger partial charge in [0.25, 0.3) is 0 Å². The second kappa shape index (κ2) is 5.50. The van der Waals surface area contributed by atoms with E-state index in [4.69, 9.17) is 0 Å². The summed E-state index contributed by atoms with van der Waals surface area (Å²) in [6.45, 7) is 7.35. The summed E-state index contributed by atoms with van der Waals surface area (Å²) in [5, 5.41) is 0. The first kappa shape index (κ1) is 14.7. The van der Waals surface area contributed by atoms with Gasteiger partial charge in [0.05, 0.1) is 5.71 Å². The van der Waals surface area contributed by atoms with Crippen LogP contribution in [-0.2, 0) is 11.4 Å². The van der Waals surface area contributed by atoms with Gasteiger partial charge in [0.1, 0.15) is 21.9 Å². The molecular weight excluding hydrogens is 305 g/mol. The zero-order chi connectivity index (χ0) is 13.2. The van der Waals surface area contributed by atoms with E-state index in [1.54, 1.807) is 13.0 Å². The van der Waals surface area contributed by atoms with E-state index in [9.17, 15) is 8.94 Å². The fourth-order valence-corrected chi connectivity index (χ4v) is 2.35. The van der Waals surface area contributed by atoms with E-state index in [0.717, 1.165) is 5.56 Å². The van der Waals surface area contributed by atoms with E-state index in [2.05, 4.69) is 20.3 Å². The number of benzene rings is 1. The summed E-state index contributed by atoms with van der Waals surface area (Å²) in [5.74, 6) is -0.314. The average Bonchev–Trinajstić information content (AvgIpc) is 2.15. The van der Waals surface area contributed by atoms with Gasteiger partial charge in [-0.05, 0) is 45.9 Å². The van der Waals surface area contributed by atoms with Gasteiger partial charge in [0.15, 0.2) is 0 Å². The predicted molar refractivity (Wildman–Crippen MR) is 74.2 cm³/mol. The van der Waals surface area contributed by atoms with E-state index in [1.165, 1.54) is 12.1 Å². The van der Waals surface area contributed by atoms with Crippen molar-refractivity contribution in [3.8, 4) is 0 Å². The lowest BCUT2D eigenvalue weighted by molar-refractivity contribution is 0.561. The number of hydrogen-bond donors (Lipinski definition) is 0. The van der Waals surface area contributed by atoms with Gasteiger partial charge >= 0.3 is 0 Å². The maximum atomic E-state index is 12.9. The standard InChI is InChI=1S/C12H15BrFNOS/c1-8(15-17(16)12(2,3)4)10-6-5-9(14)7-11(10)13/h5-7H,1-4H3. The maximum absolute atomic E-state index is 12.9. The van der Waals surface area contributed by atoms with Crippen molar-refractivity contribution in [3.63, 3.8) is 0 Å². The summed E-state index contributed by atoms with van der Waals surface area (Å²) in [6.07, 6.45) is 0. The zero-order valence-electron chi connectivity index (χ0n) is 10.3. The largest absolute Gasteiger partial charge is 0.591 e. The van der Waals surface area contributed by atoms with Crippen LogP contribution in [0.5, 0.6) is 0 Å². The molecule has 0 aliphatic heterocycles. The molecule has 0 spiro atoms. The summed E-state index contributed by atoms with van der Waals surface area (Å²) in [5.41, 5.74) is 1.38. The van der Waals surface area contributed by atoms with E-state index < -0.39 is 16.1 Å². The van der Waals surface area contributed by atoms with Gasteiger partial charge in [-0.1, -0.05) is 20.3 Å². The van der Waals surface area contributed by atoms with Crippen LogP contribution >= 0.6 is 15.9 Å². The van der Waals surface area contributed by atoms with Crippen LogP contribution in [0.2, 0.25) is 0 Å². The molecule has 0 aliphatic carbocycles. The molecule has 0 aromatic heterocycles. The highest BCUT2D eigenvalue weighted by Crippen LogP contribution is 2.22. The quantitative estimate of drug-likeness (QED) is 0.602. The third-order valence-electron chi connectivity index (χ3n) is 2.06. The molecule has 0 aliphatic rings. The van der Waals surface area contributed by atoms with Crippen LogP contribution in [0.1, 0.15) is 33.3 Å². The summed E-state index contributed by atoms with van der Waals surface area (Å²) < 4.78 is 29.2. The number of rotatable bonds is 2. The van der Waals surface area contributed by atoms with Crippen LogP contribution in [0, 0.1) is 5.82 Å². The Balaban J connectivity index is 3.04. The van der Waals surface area contributed by atoms with Crippen LogP contribution in [-0.4, -0.2) is 15.0 Å². The molecule has 1 aromatic rings. The van der Waals surface area contributed by atoms with Crippen LogP contribution in [0.4, 0.5) is 4.39 Å². The molecule has 1 atom stereocenters. The number of nitrogens with zero attached hydrogens (tertiary/aromatic N) is 1. The molecule has 0 amide bonds. The highest BCUT2D eigenvalue weighted by molar-refractivity contribution is 9.10. The van der Waals surface area contributed by atoms with Crippen LogP contribution in [0.25, 0.3) is 0 Å². The van der Waals surface area contributed by atoms with Crippen LogP contribution in [0.3, 0.4) is 0 Å². The summed E-state index contributed by atoms with van der Waals surface area (Å²) >= 11 is 1.96. The molecular formula is C12H15BrFNOS. The second-order valence-electron chi connectivity index (χ2n) is 4.66. The Hall–Kier alpha value is -0.390. The Morgan fingerprint density at radius 1 is 1.41 bits per heavy atom. The Bertz CT molecular complexity index is 443. The van der Waals surface area contributed by atoms with Gasteiger partial charge in [-0.15, -0.1) is 0 Å². The topological polar surface area (TPSA) is 35.4 Å². The molecule has 1 aromatic carbocycles. The van der Waals surface area contributed by atoms with Crippen LogP contribution in [0.15, 0.2) is 27.1 Å². The minimum absolute atomic E-state index is 0.314. The van der Waals surface area contributed by atoms with E-state index in [-0.39, 0.29) is 5.82 Å². The monoisotopic (exact) mass is 319 g/mol. The van der Waals surface area contributed by atoms with Crippen molar-refractivity contribution < 1.29 is 8.94 Å². The Kier molecular flexibility index (Phi) is 4.75. The number of hydrogen-bond acceptors (Lipinski definition) is 2. The molecule has 0 saturated heterocycles. The SMILES string of the molecule is CC(=N[S+]([O-])C(C)(C)C)c1ccc(F)cc1Br. The van der Waals surface area contributed by atoms with E-state index >= 15 is 0 Å². The molecule has 0 heterocycles. The molecule has 94 valence electrons. The molecule has 0 radical (unpaired) electrons. The summed E-state index contributed by atoms with van der Waals surface area (Å²) in [6, 6.07) is 4.35. The van der Waals surface area contributed by atoms with Crippen molar-refractivity contribution >= 4 is 33.0 Å². The normalized spacial score (nSPS) is 14.9. The highest BCUT2D eigenvalue weighted by atomic mass is 79.9. The highest BCUT2D eigenvalue weighted by Gasteiger charge is 2.27. The minimum Gasteiger partial charge on any atom is -0.591 e. The maximum Gasteiger partial charge on any atom is 0.144 e. The van der Waals surface area contributed by atoms with Crippen molar-refractivity contribution in [1.82, 2.24) is 0 Å². The Labute approximate surface area is 113 Å². The fourth-order valence-electron chi connectivity index (χ4n) is 1.09. The van der Waals surface area contributed by atoms with Gasteiger partial charge in [-0.2, -0.15) is 0 Å². The van der Waals surface area contributed by atoms with Crippen molar-refractivity contribution in [2.24, 2.45) is 4.40 Å². The van der Waals surface area contributed by atoms with Crippen molar-refractivity contribution in [3.05, 3.63) is 34.1 Å². The Morgan fingerprint density at radius 3 is 2.47 bits per heavy atom. The van der Waals surface area contributed by atoms with E-state index in [1.807, 2.05) is 20.8 Å². The first-order valence-electron chi connectivity index (χ1n) is 5.14. The van der Waals surface area contributed by atoms with Gasteiger partial charge < -0.3 is 4.55 Å². The first-order valence-corrected chi connectivity index (χ1v) is 7.04. The number of halogens is 2. The van der Waals surface area contributed by atoms with Crippen molar-refractivity contribution in [2.75, 3.05) is 0 Å². The molecule has 0 fully saturated rings. The molecule has 2 nitrogen and oxygen atoms in total. The summed E-state index contributed by atoms with van der Waals surface area (Å²) in [7, 11) is 0. The second-order valence-corrected chi connectivity index (χ2v) is 7.42. The molecule has 5 heteroatoms. The Morgan fingerprint density at radius 2 is 2.00 bits per heavy atom. The third kappa shape index (κ3) is 4.08. The smallest absolute Gasteiger partial charge is 0.144 e. The van der Waals surface area contributed by atoms with Gasteiger partial charge in [0, 0.05) is 10.0 Å². The van der Waals surface area contributed by atoms with E-state index in [0.29, 0.717) is 10.2 Å². The lowest BCUT2D eigenvalue weighted by atomic mass is 10.1. The molecule has 1 rings (SSSR count). The molecule has 0 N–H and O–H groups in total. The lowest BCUT2D eigenvalue weighted by Gasteiger charge is -2.19. The molecule has 1 unspecified atom stereocenters.